The zero-order valence-corrected chi connectivity index (χ0v) is 13.8. The summed E-state index contributed by atoms with van der Waals surface area (Å²) in [4.78, 5) is 0. The maximum atomic E-state index is 6.15. The molecule has 0 N–H and O–H groups in total. The zero-order valence-electron chi connectivity index (χ0n) is 11.5. The van der Waals surface area contributed by atoms with Gasteiger partial charge in [0, 0.05) is 11.4 Å². The van der Waals surface area contributed by atoms with E-state index in [4.69, 9.17) is 44.3 Å². The van der Waals surface area contributed by atoms with Crippen LogP contribution in [-0.2, 0) is 12.5 Å². The Morgan fingerprint density at radius 2 is 1.81 bits per heavy atom. The Kier molecular flexibility index (Phi) is 6.04. The van der Waals surface area contributed by atoms with Crippen molar-refractivity contribution in [2.24, 2.45) is 0 Å². The average Bonchev–Trinajstić information content (AvgIpc) is 2.50. The first-order valence-corrected chi connectivity index (χ1v) is 7.82. The number of benzene rings is 2. The van der Waals surface area contributed by atoms with E-state index >= 15 is 0 Å². The molecular weight excluding hydrogens is 331 g/mol. The molecule has 0 unspecified atom stereocenters. The Morgan fingerprint density at radius 3 is 2.52 bits per heavy atom. The lowest BCUT2D eigenvalue weighted by atomic mass is 10.2. The van der Waals surface area contributed by atoms with E-state index in [0.29, 0.717) is 40.6 Å². The van der Waals surface area contributed by atoms with Crippen LogP contribution in [0.25, 0.3) is 0 Å². The predicted octanol–water partition coefficient (Wildman–Crippen LogP) is 5.71. The first-order chi connectivity index (χ1) is 10.2. The molecule has 0 fully saturated rings. The van der Waals surface area contributed by atoms with Gasteiger partial charge in [-0.25, -0.2) is 0 Å². The van der Waals surface area contributed by atoms with Crippen LogP contribution in [0.15, 0.2) is 36.4 Å². The van der Waals surface area contributed by atoms with E-state index in [-0.39, 0.29) is 0 Å². The molecular formula is C16H15Cl3O2. The Bertz CT molecular complexity index is 614. The van der Waals surface area contributed by atoms with E-state index in [1.54, 1.807) is 6.07 Å². The van der Waals surface area contributed by atoms with Gasteiger partial charge in [-0.1, -0.05) is 41.4 Å². The minimum Gasteiger partial charge on any atom is -0.490 e. The summed E-state index contributed by atoms with van der Waals surface area (Å²) in [6, 6.07) is 11.1. The lowest BCUT2D eigenvalue weighted by Crippen LogP contribution is -2.01. The van der Waals surface area contributed by atoms with Gasteiger partial charge in [0.05, 0.1) is 16.7 Å². The van der Waals surface area contributed by atoms with Gasteiger partial charge in [-0.05, 0) is 30.7 Å². The van der Waals surface area contributed by atoms with Gasteiger partial charge in [0.2, 0.25) is 0 Å². The van der Waals surface area contributed by atoms with Crippen LogP contribution in [0.4, 0.5) is 0 Å². The standard InChI is InChI=1S/C16H15Cl3O2/c1-2-20-15-8-11(9-17)6-7-14(15)21-10-12-4-3-5-13(18)16(12)19/h3-8H,2,9-10H2,1H3. The van der Waals surface area contributed by atoms with Crippen molar-refractivity contribution >= 4 is 34.8 Å². The molecule has 0 amide bonds. The highest BCUT2D eigenvalue weighted by molar-refractivity contribution is 6.42. The highest BCUT2D eigenvalue weighted by Crippen LogP contribution is 2.31. The summed E-state index contributed by atoms with van der Waals surface area (Å²) in [7, 11) is 0. The topological polar surface area (TPSA) is 18.5 Å². The van der Waals surface area contributed by atoms with Gasteiger partial charge in [0.15, 0.2) is 11.5 Å². The molecule has 5 heteroatoms. The number of halogens is 3. The Morgan fingerprint density at radius 1 is 1.00 bits per heavy atom. The lowest BCUT2D eigenvalue weighted by Gasteiger charge is -2.13. The van der Waals surface area contributed by atoms with E-state index in [9.17, 15) is 0 Å². The molecule has 0 aromatic heterocycles. The summed E-state index contributed by atoms with van der Waals surface area (Å²) in [5.41, 5.74) is 1.81. The summed E-state index contributed by atoms with van der Waals surface area (Å²) in [5.74, 6) is 1.76. The van der Waals surface area contributed by atoms with Crippen molar-refractivity contribution in [1.29, 1.82) is 0 Å². The molecule has 0 radical (unpaired) electrons. The molecule has 112 valence electrons. The summed E-state index contributed by atoms with van der Waals surface area (Å²) < 4.78 is 11.4. The number of hydrogen-bond acceptors (Lipinski definition) is 2. The van der Waals surface area contributed by atoms with E-state index in [1.807, 2.05) is 37.3 Å². The first-order valence-electron chi connectivity index (χ1n) is 6.53. The maximum absolute atomic E-state index is 6.15. The van der Waals surface area contributed by atoms with Crippen molar-refractivity contribution in [3.8, 4) is 11.5 Å². The minimum atomic E-state index is 0.319. The molecule has 0 aliphatic rings. The van der Waals surface area contributed by atoms with Gasteiger partial charge in [-0.2, -0.15) is 0 Å². The van der Waals surface area contributed by atoms with Crippen LogP contribution in [0.2, 0.25) is 10.0 Å². The fourth-order valence-corrected chi connectivity index (χ4v) is 2.38. The van der Waals surface area contributed by atoms with Gasteiger partial charge >= 0.3 is 0 Å². The van der Waals surface area contributed by atoms with Crippen LogP contribution in [0.3, 0.4) is 0 Å². The largest absolute Gasteiger partial charge is 0.490 e. The quantitative estimate of drug-likeness (QED) is 0.624. The molecule has 2 nitrogen and oxygen atoms in total. The third kappa shape index (κ3) is 4.19. The summed E-state index contributed by atoms with van der Waals surface area (Å²) in [6.07, 6.45) is 0. The second kappa shape index (κ2) is 7.79. The third-order valence-corrected chi connectivity index (χ3v) is 4.04. The predicted molar refractivity (Wildman–Crippen MR) is 88.0 cm³/mol. The molecule has 0 saturated carbocycles. The van der Waals surface area contributed by atoms with Crippen LogP contribution in [0.1, 0.15) is 18.1 Å². The van der Waals surface area contributed by atoms with Crippen LogP contribution in [-0.4, -0.2) is 6.61 Å². The van der Waals surface area contributed by atoms with Gasteiger partial charge in [-0.15, -0.1) is 11.6 Å². The van der Waals surface area contributed by atoms with Crippen molar-refractivity contribution in [2.45, 2.75) is 19.4 Å². The van der Waals surface area contributed by atoms with Crippen molar-refractivity contribution < 1.29 is 9.47 Å². The minimum absolute atomic E-state index is 0.319. The summed E-state index contributed by atoms with van der Waals surface area (Å²) in [5, 5.41) is 1.02. The fraction of sp³-hybridized carbons (Fsp3) is 0.250. The van der Waals surface area contributed by atoms with Crippen LogP contribution < -0.4 is 9.47 Å². The van der Waals surface area contributed by atoms with E-state index in [1.165, 1.54) is 0 Å². The highest BCUT2D eigenvalue weighted by atomic mass is 35.5. The molecule has 2 rings (SSSR count). The van der Waals surface area contributed by atoms with Crippen molar-refractivity contribution in [3.05, 3.63) is 57.6 Å². The number of ether oxygens (including phenoxy) is 2. The van der Waals surface area contributed by atoms with E-state index in [0.717, 1.165) is 11.1 Å². The molecule has 0 saturated heterocycles. The summed E-state index contributed by atoms with van der Waals surface area (Å²) >= 11 is 18.0. The van der Waals surface area contributed by atoms with Crippen molar-refractivity contribution in [1.82, 2.24) is 0 Å². The van der Waals surface area contributed by atoms with Gasteiger partial charge in [0.25, 0.3) is 0 Å². The SMILES string of the molecule is CCOc1cc(CCl)ccc1OCc1cccc(Cl)c1Cl. The lowest BCUT2D eigenvalue weighted by molar-refractivity contribution is 0.269. The van der Waals surface area contributed by atoms with E-state index in [2.05, 4.69) is 0 Å². The van der Waals surface area contributed by atoms with Gasteiger partial charge < -0.3 is 9.47 Å². The number of rotatable bonds is 6. The van der Waals surface area contributed by atoms with Gasteiger partial charge in [-0.3, -0.25) is 0 Å². The molecule has 0 aliphatic heterocycles. The Hall–Kier alpha value is -1.09. The number of hydrogen-bond donors (Lipinski definition) is 0. The Balaban J connectivity index is 2.17. The molecule has 2 aromatic carbocycles. The van der Waals surface area contributed by atoms with Crippen LogP contribution in [0, 0.1) is 0 Å². The second-order valence-corrected chi connectivity index (χ2v) is 5.40. The van der Waals surface area contributed by atoms with Crippen molar-refractivity contribution in [2.75, 3.05) is 6.61 Å². The first kappa shape index (κ1) is 16.3. The van der Waals surface area contributed by atoms with Crippen molar-refractivity contribution in [3.63, 3.8) is 0 Å². The van der Waals surface area contributed by atoms with Crippen LogP contribution >= 0.6 is 34.8 Å². The highest BCUT2D eigenvalue weighted by Gasteiger charge is 2.09. The normalized spacial score (nSPS) is 10.5. The second-order valence-electron chi connectivity index (χ2n) is 4.35. The Labute approximate surface area is 139 Å². The molecule has 0 spiro atoms. The fourth-order valence-electron chi connectivity index (χ4n) is 1.84. The molecule has 0 heterocycles. The molecule has 0 aliphatic carbocycles. The van der Waals surface area contributed by atoms with E-state index < -0.39 is 0 Å². The van der Waals surface area contributed by atoms with Crippen LogP contribution in [0.5, 0.6) is 11.5 Å². The summed E-state index contributed by atoms with van der Waals surface area (Å²) in [6.45, 7) is 2.80. The monoisotopic (exact) mass is 344 g/mol. The zero-order chi connectivity index (χ0) is 15.2. The van der Waals surface area contributed by atoms with Gasteiger partial charge in [0.1, 0.15) is 6.61 Å². The molecule has 0 atom stereocenters. The average molecular weight is 346 g/mol. The molecule has 2 aromatic rings. The smallest absolute Gasteiger partial charge is 0.161 e. The molecule has 21 heavy (non-hydrogen) atoms. The number of alkyl halides is 1. The maximum Gasteiger partial charge on any atom is 0.161 e. The molecule has 0 bridgehead atoms. The third-order valence-electron chi connectivity index (χ3n) is 2.88.